The highest BCUT2D eigenvalue weighted by atomic mass is 31.3. The zero-order chi connectivity index (χ0) is 22.9. The monoisotopic (exact) mass is 493 g/mol. The van der Waals surface area contributed by atoms with Gasteiger partial charge in [-0.2, -0.15) is 8.62 Å². The lowest BCUT2D eigenvalue weighted by Crippen LogP contribution is -2.33. The van der Waals surface area contributed by atoms with Gasteiger partial charge in [0.1, 0.15) is 6.23 Å². The summed E-state index contributed by atoms with van der Waals surface area (Å²) in [6.45, 7) is 1.37. The Balaban J connectivity index is 2.24. The van der Waals surface area contributed by atoms with E-state index in [1.165, 1.54) is 6.92 Å². The number of ether oxygens (including phenoxy) is 1. The van der Waals surface area contributed by atoms with E-state index in [-0.39, 0.29) is 12.0 Å². The zero-order valence-corrected chi connectivity index (χ0v) is 17.3. The summed E-state index contributed by atoms with van der Waals surface area (Å²) < 4.78 is 51.7. The number of phosphoric ester groups is 1. The molecule has 1 aromatic rings. The molecule has 0 aliphatic carbocycles. The molecular weight excluding hydrogens is 479 g/mol. The van der Waals surface area contributed by atoms with Crippen molar-refractivity contribution in [3.8, 4) is 0 Å². The Hall–Kier alpha value is -1.64. The number of aromatic amines is 1. The molecule has 0 spiro atoms. The van der Waals surface area contributed by atoms with E-state index < -0.39 is 53.3 Å². The van der Waals surface area contributed by atoms with Gasteiger partial charge in [-0.1, -0.05) is 5.11 Å². The molecule has 5 atom stereocenters. The second-order valence-electron chi connectivity index (χ2n) is 5.64. The first-order valence-corrected chi connectivity index (χ1v) is 12.0. The highest BCUT2D eigenvalue weighted by Gasteiger charge is 2.46. The predicted octanol–water partition coefficient (Wildman–Crippen LogP) is 0.112. The van der Waals surface area contributed by atoms with Gasteiger partial charge in [0.25, 0.3) is 5.56 Å². The normalized spacial score (nSPS) is 25.8. The van der Waals surface area contributed by atoms with Crippen LogP contribution in [0.15, 0.2) is 20.9 Å². The van der Waals surface area contributed by atoms with Crippen molar-refractivity contribution in [1.29, 1.82) is 0 Å². The number of hydrogen-bond donors (Lipinski definition) is 5. The SMILES string of the molecule is Cc1cn([C@H]2CC(N=[N+]=[N-])[C@@H](OP(=O)(O)OP(=O)(O)OP(=O)(O)O)O2)c(=O)[nH]c1=O. The van der Waals surface area contributed by atoms with E-state index in [0.717, 1.165) is 10.8 Å². The summed E-state index contributed by atoms with van der Waals surface area (Å²) in [5.74, 6) is 0. The van der Waals surface area contributed by atoms with Crippen LogP contribution in [0.2, 0.25) is 0 Å². The van der Waals surface area contributed by atoms with Gasteiger partial charge in [-0.05, 0) is 12.5 Å². The summed E-state index contributed by atoms with van der Waals surface area (Å²) in [4.78, 5) is 63.6. The average Bonchev–Trinajstić information content (AvgIpc) is 2.89. The highest BCUT2D eigenvalue weighted by Crippen LogP contribution is 2.67. The van der Waals surface area contributed by atoms with E-state index >= 15 is 0 Å². The molecular formula is C9H14N5O13P3. The van der Waals surface area contributed by atoms with Crippen molar-refractivity contribution in [2.24, 2.45) is 5.11 Å². The van der Waals surface area contributed by atoms with Crippen molar-refractivity contribution in [2.75, 3.05) is 0 Å². The number of aromatic nitrogens is 2. The van der Waals surface area contributed by atoms with Gasteiger partial charge in [-0.3, -0.25) is 18.9 Å². The molecule has 168 valence electrons. The summed E-state index contributed by atoms with van der Waals surface area (Å²) in [7, 11) is -17.0. The number of aryl methyl sites for hydroxylation is 1. The molecule has 18 nitrogen and oxygen atoms in total. The molecule has 0 aromatic carbocycles. The summed E-state index contributed by atoms with van der Waals surface area (Å²) in [5, 5.41) is 3.26. The van der Waals surface area contributed by atoms with Crippen LogP contribution in [0.5, 0.6) is 0 Å². The van der Waals surface area contributed by atoms with Crippen molar-refractivity contribution < 1.29 is 51.2 Å². The summed E-state index contributed by atoms with van der Waals surface area (Å²) >= 11 is 0. The minimum absolute atomic E-state index is 0.106. The van der Waals surface area contributed by atoms with Gasteiger partial charge in [-0.15, -0.1) is 0 Å². The Labute approximate surface area is 165 Å². The van der Waals surface area contributed by atoms with E-state index in [2.05, 4.69) is 23.2 Å². The molecule has 0 bridgehead atoms. The molecule has 1 saturated heterocycles. The zero-order valence-electron chi connectivity index (χ0n) is 14.6. The van der Waals surface area contributed by atoms with Crippen LogP contribution in [0.3, 0.4) is 0 Å². The minimum atomic E-state index is -5.78. The Bertz CT molecular complexity index is 1120. The summed E-state index contributed by atoms with van der Waals surface area (Å²) in [5.41, 5.74) is 7.14. The third-order valence-electron chi connectivity index (χ3n) is 3.36. The van der Waals surface area contributed by atoms with E-state index in [4.69, 9.17) is 24.9 Å². The van der Waals surface area contributed by atoms with Crippen LogP contribution >= 0.6 is 23.5 Å². The van der Waals surface area contributed by atoms with E-state index in [1.807, 2.05) is 4.98 Å². The topological polar surface area (TPSA) is 273 Å². The first-order chi connectivity index (χ1) is 13.6. The van der Waals surface area contributed by atoms with Crippen LogP contribution in [0, 0.1) is 6.92 Å². The van der Waals surface area contributed by atoms with Crippen molar-refractivity contribution in [2.45, 2.75) is 31.9 Å². The van der Waals surface area contributed by atoms with Crippen molar-refractivity contribution >= 4 is 23.5 Å². The second-order valence-corrected chi connectivity index (χ2v) is 10.0. The second kappa shape index (κ2) is 8.85. The molecule has 21 heteroatoms. The molecule has 1 aromatic heterocycles. The van der Waals surface area contributed by atoms with Gasteiger partial charge in [-0.25, -0.2) is 18.5 Å². The Morgan fingerprint density at radius 3 is 2.43 bits per heavy atom. The van der Waals surface area contributed by atoms with Gasteiger partial charge >= 0.3 is 29.2 Å². The Kier molecular flexibility index (Phi) is 7.26. The lowest BCUT2D eigenvalue weighted by Gasteiger charge is -2.21. The van der Waals surface area contributed by atoms with Gasteiger partial charge in [0, 0.05) is 23.1 Å². The molecule has 1 fully saturated rings. The molecule has 0 radical (unpaired) electrons. The van der Waals surface area contributed by atoms with Crippen LogP contribution in [0.4, 0.5) is 0 Å². The number of H-pyrrole nitrogens is 1. The largest absolute Gasteiger partial charge is 0.490 e. The maximum atomic E-state index is 12.0. The van der Waals surface area contributed by atoms with E-state index in [0.29, 0.717) is 0 Å². The first-order valence-electron chi connectivity index (χ1n) is 7.46. The highest BCUT2D eigenvalue weighted by molar-refractivity contribution is 7.66. The molecule has 30 heavy (non-hydrogen) atoms. The molecule has 2 heterocycles. The number of azide groups is 1. The molecule has 1 aliphatic heterocycles. The number of phosphoric acid groups is 3. The molecule has 5 N–H and O–H groups in total. The van der Waals surface area contributed by atoms with Crippen molar-refractivity contribution in [1.82, 2.24) is 9.55 Å². The maximum absolute atomic E-state index is 12.0. The van der Waals surface area contributed by atoms with Gasteiger partial charge < -0.3 is 24.3 Å². The van der Waals surface area contributed by atoms with Crippen LogP contribution in [0.25, 0.3) is 10.4 Å². The van der Waals surface area contributed by atoms with Gasteiger partial charge in [0.2, 0.25) is 0 Å². The summed E-state index contributed by atoms with van der Waals surface area (Å²) in [6.07, 6.45) is -2.36. The van der Waals surface area contributed by atoms with Crippen molar-refractivity contribution in [3.63, 3.8) is 0 Å². The fourth-order valence-corrected chi connectivity index (χ4v) is 5.40. The van der Waals surface area contributed by atoms with Gasteiger partial charge in [0.15, 0.2) is 6.29 Å². The summed E-state index contributed by atoms with van der Waals surface area (Å²) in [6, 6.07) is -1.36. The fraction of sp³-hybridized carbons (Fsp3) is 0.556. The standard InChI is InChI=1S/C9H14N5O13P3/c1-4-3-14(9(16)11-7(4)15)6-2-5(12-13-10)8(24-6)25-29(20,21)27-30(22,23)26-28(17,18)19/h3,5-6,8H,2H2,1H3,(H,20,21)(H,22,23)(H,11,15,16)(H2,17,18,19)/t5?,6-,8-/m1/s1. The van der Waals surface area contributed by atoms with Crippen LogP contribution < -0.4 is 11.2 Å². The predicted molar refractivity (Wildman–Crippen MR) is 92.5 cm³/mol. The molecule has 0 amide bonds. The van der Waals surface area contributed by atoms with Gasteiger partial charge in [0.05, 0.1) is 6.04 Å². The third-order valence-corrected chi connectivity index (χ3v) is 7.16. The number of rotatable bonds is 8. The molecule has 1 aliphatic rings. The smallest absolute Gasteiger partial charge is 0.328 e. The van der Waals surface area contributed by atoms with Crippen LogP contribution in [-0.2, 0) is 31.6 Å². The average molecular weight is 493 g/mol. The Morgan fingerprint density at radius 1 is 1.23 bits per heavy atom. The fourth-order valence-electron chi connectivity index (χ4n) is 2.29. The lowest BCUT2D eigenvalue weighted by molar-refractivity contribution is -0.111. The quantitative estimate of drug-likeness (QED) is 0.139. The van der Waals surface area contributed by atoms with E-state index in [1.54, 1.807) is 0 Å². The number of nitrogens with zero attached hydrogens (tertiary/aromatic N) is 4. The number of hydrogen-bond acceptors (Lipinski definition) is 10. The molecule has 2 rings (SSSR count). The first kappa shape index (κ1) is 24.6. The minimum Gasteiger partial charge on any atom is -0.328 e. The lowest BCUT2D eigenvalue weighted by atomic mass is 10.2. The van der Waals surface area contributed by atoms with Crippen LogP contribution in [-0.4, -0.2) is 41.5 Å². The van der Waals surface area contributed by atoms with E-state index in [9.17, 15) is 28.2 Å². The maximum Gasteiger partial charge on any atom is 0.490 e. The number of nitrogens with one attached hydrogen (secondary N) is 1. The third kappa shape index (κ3) is 6.68. The van der Waals surface area contributed by atoms with Crippen molar-refractivity contribution in [3.05, 3.63) is 43.0 Å². The Morgan fingerprint density at radius 2 is 1.87 bits per heavy atom. The molecule has 3 unspecified atom stereocenters. The van der Waals surface area contributed by atoms with Crippen LogP contribution in [0.1, 0.15) is 18.2 Å². The molecule has 0 saturated carbocycles.